The summed E-state index contributed by atoms with van der Waals surface area (Å²) in [5.74, 6) is -1.25. The van der Waals surface area contributed by atoms with Gasteiger partial charge in [-0.3, -0.25) is 19.4 Å². The van der Waals surface area contributed by atoms with Crippen molar-refractivity contribution in [1.29, 1.82) is 0 Å². The van der Waals surface area contributed by atoms with Crippen LogP contribution in [0, 0.1) is 0 Å². The van der Waals surface area contributed by atoms with E-state index in [1.54, 1.807) is 18.2 Å². The van der Waals surface area contributed by atoms with Crippen molar-refractivity contribution in [2.75, 3.05) is 21.2 Å². The standard InChI is InChI=1S/C20H18N2O7S/c1-21-17(23)13(18(24)22(2)20(21)30)8-11-4-6-14(16(9-11)27-3)28-10-12-5-7-15(29-12)19(25)26/h4-9H,10H2,1-3H3,(H,25,26). The van der Waals surface area contributed by atoms with Crippen molar-refractivity contribution in [3.63, 3.8) is 0 Å². The second-order valence-corrected chi connectivity index (χ2v) is 6.70. The molecule has 1 fully saturated rings. The molecule has 1 aliphatic heterocycles. The van der Waals surface area contributed by atoms with E-state index in [1.165, 1.54) is 49.2 Å². The number of hydrogen-bond donors (Lipinski definition) is 1. The van der Waals surface area contributed by atoms with Crippen LogP contribution in [0.2, 0.25) is 0 Å². The highest BCUT2D eigenvalue weighted by Gasteiger charge is 2.35. The summed E-state index contributed by atoms with van der Waals surface area (Å²) in [4.78, 5) is 38.2. The molecule has 2 aromatic rings. The molecule has 0 radical (unpaired) electrons. The lowest BCUT2D eigenvalue weighted by atomic mass is 10.1. The molecule has 0 unspecified atom stereocenters. The second-order valence-electron chi connectivity index (χ2n) is 6.34. The molecule has 1 aromatic carbocycles. The van der Waals surface area contributed by atoms with Crippen LogP contribution in [0.1, 0.15) is 21.9 Å². The Morgan fingerprint density at radius 1 is 1.13 bits per heavy atom. The maximum atomic E-state index is 12.4. The van der Waals surface area contributed by atoms with Gasteiger partial charge >= 0.3 is 5.97 Å². The Hall–Kier alpha value is -3.66. The molecule has 2 heterocycles. The number of carbonyl (C=O) groups is 3. The minimum absolute atomic E-state index is 0.00587. The number of carbonyl (C=O) groups excluding carboxylic acids is 2. The van der Waals surface area contributed by atoms with E-state index in [0.717, 1.165) is 0 Å². The lowest BCUT2D eigenvalue weighted by Crippen LogP contribution is -2.52. The van der Waals surface area contributed by atoms with Crippen molar-refractivity contribution in [2.24, 2.45) is 0 Å². The second kappa shape index (κ2) is 8.37. The highest BCUT2D eigenvalue weighted by atomic mass is 32.1. The number of furan rings is 1. The third-order valence-corrected chi connectivity index (χ3v) is 4.93. The van der Waals surface area contributed by atoms with Crippen molar-refractivity contribution in [1.82, 2.24) is 9.80 Å². The zero-order valence-electron chi connectivity index (χ0n) is 16.4. The molecule has 0 atom stereocenters. The number of rotatable bonds is 6. The molecule has 0 spiro atoms. The van der Waals surface area contributed by atoms with Gasteiger partial charge in [0.25, 0.3) is 11.8 Å². The first-order chi connectivity index (χ1) is 14.2. The van der Waals surface area contributed by atoms with E-state index < -0.39 is 17.8 Å². The largest absolute Gasteiger partial charge is 0.493 e. The van der Waals surface area contributed by atoms with Gasteiger partial charge < -0.3 is 19.0 Å². The minimum Gasteiger partial charge on any atom is -0.493 e. The Morgan fingerprint density at radius 2 is 1.80 bits per heavy atom. The van der Waals surface area contributed by atoms with Crippen LogP contribution < -0.4 is 9.47 Å². The molecule has 156 valence electrons. The number of aromatic carboxylic acids is 1. The number of ether oxygens (including phenoxy) is 2. The van der Waals surface area contributed by atoms with E-state index in [2.05, 4.69) is 0 Å². The molecule has 0 aliphatic carbocycles. The van der Waals surface area contributed by atoms with Crippen molar-refractivity contribution < 1.29 is 33.4 Å². The average molecular weight is 430 g/mol. The van der Waals surface area contributed by atoms with Crippen LogP contribution in [0.15, 0.2) is 40.3 Å². The number of likely N-dealkylation sites (N-methyl/N-ethyl adjacent to an activating group) is 2. The summed E-state index contributed by atoms with van der Waals surface area (Å²) in [6, 6.07) is 7.73. The van der Waals surface area contributed by atoms with E-state index in [0.29, 0.717) is 22.8 Å². The first kappa shape index (κ1) is 21.1. The molecule has 1 saturated heterocycles. The molecule has 0 saturated carbocycles. The third kappa shape index (κ3) is 4.03. The summed E-state index contributed by atoms with van der Waals surface area (Å²) >= 11 is 5.07. The van der Waals surface area contributed by atoms with Gasteiger partial charge in [-0.1, -0.05) is 6.07 Å². The highest BCUT2D eigenvalue weighted by Crippen LogP contribution is 2.30. The average Bonchev–Trinajstić information content (AvgIpc) is 3.22. The Kier molecular flexibility index (Phi) is 5.88. The van der Waals surface area contributed by atoms with Crippen LogP contribution in [0.5, 0.6) is 11.5 Å². The van der Waals surface area contributed by atoms with Crippen LogP contribution >= 0.6 is 12.2 Å². The van der Waals surface area contributed by atoms with Crippen molar-refractivity contribution in [3.8, 4) is 11.5 Å². The van der Waals surface area contributed by atoms with Crippen LogP contribution in [0.25, 0.3) is 6.08 Å². The van der Waals surface area contributed by atoms with Gasteiger partial charge in [-0.05, 0) is 48.1 Å². The molecule has 3 rings (SSSR count). The monoisotopic (exact) mass is 430 g/mol. The number of benzene rings is 1. The normalized spacial score (nSPS) is 14.2. The molecule has 9 nitrogen and oxygen atoms in total. The molecule has 1 N–H and O–H groups in total. The zero-order chi connectivity index (χ0) is 22.0. The van der Waals surface area contributed by atoms with Crippen LogP contribution in [0.4, 0.5) is 0 Å². The lowest BCUT2D eigenvalue weighted by Gasteiger charge is -2.31. The number of carboxylic acid groups (broad SMARTS) is 1. The molecule has 0 bridgehead atoms. The van der Waals surface area contributed by atoms with Crippen LogP contribution in [0.3, 0.4) is 0 Å². The maximum Gasteiger partial charge on any atom is 0.371 e. The van der Waals surface area contributed by atoms with E-state index >= 15 is 0 Å². The summed E-state index contributed by atoms with van der Waals surface area (Å²) in [6.07, 6.45) is 1.46. The molecule has 2 amide bonds. The lowest BCUT2D eigenvalue weighted by molar-refractivity contribution is -0.132. The number of thiocarbonyl (C=S) groups is 1. The Balaban J connectivity index is 1.82. The topological polar surface area (TPSA) is 110 Å². The van der Waals surface area contributed by atoms with E-state index in [1.807, 2.05) is 0 Å². The molecular weight excluding hydrogens is 412 g/mol. The van der Waals surface area contributed by atoms with Gasteiger partial charge in [0.1, 0.15) is 17.9 Å². The minimum atomic E-state index is -1.17. The van der Waals surface area contributed by atoms with Crippen LogP contribution in [-0.2, 0) is 16.2 Å². The molecule has 10 heteroatoms. The third-order valence-electron chi connectivity index (χ3n) is 4.39. The van der Waals surface area contributed by atoms with Crippen molar-refractivity contribution >= 4 is 41.2 Å². The Bertz CT molecular complexity index is 1050. The van der Waals surface area contributed by atoms with Gasteiger partial charge in [0, 0.05) is 14.1 Å². The van der Waals surface area contributed by atoms with Gasteiger partial charge in [-0.15, -0.1) is 0 Å². The van der Waals surface area contributed by atoms with E-state index in [-0.39, 0.29) is 23.1 Å². The summed E-state index contributed by atoms with van der Waals surface area (Å²) < 4.78 is 16.1. The SMILES string of the molecule is COc1cc(C=C2C(=O)N(C)C(=S)N(C)C2=O)ccc1OCc1ccc(C(=O)O)o1. The summed E-state index contributed by atoms with van der Waals surface area (Å²) in [5, 5.41) is 9.03. The van der Waals surface area contributed by atoms with Gasteiger partial charge in [0.05, 0.1) is 7.11 Å². The van der Waals surface area contributed by atoms with Gasteiger partial charge in [-0.2, -0.15) is 0 Å². The molecular formula is C20H18N2O7S. The van der Waals surface area contributed by atoms with Crippen molar-refractivity contribution in [3.05, 3.63) is 53.0 Å². The fourth-order valence-corrected chi connectivity index (χ4v) is 2.92. The molecule has 30 heavy (non-hydrogen) atoms. The number of nitrogens with zero attached hydrogens (tertiary/aromatic N) is 2. The first-order valence-electron chi connectivity index (χ1n) is 8.67. The Labute approximate surface area is 177 Å². The van der Waals surface area contributed by atoms with Gasteiger partial charge in [0.15, 0.2) is 16.6 Å². The van der Waals surface area contributed by atoms with E-state index in [9.17, 15) is 14.4 Å². The number of carboxylic acids is 1. The molecule has 1 aliphatic rings. The van der Waals surface area contributed by atoms with E-state index in [4.69, 9.17) is 31.2 Å². The smallest absolute Gasteiger partial charge is 0.371 e. The highest BCUT2D eigenvalue weighted by molar-refractivity contribution is 7.80. The van der Waals surface area contributed by atoms with Gasteiger partial charge in [-0.25, -0.2) is 4.79 Å². The van der Waals surface area contributed by atoms with Crippen molar-refractivity contribution in [2.45, 2.75) is 6.61 Å². The Morgan fingerprint density at radius 3 is 2.37 bits per heavy atom. The number of methoxy groups -OCH3 is 1. The number of hydrogen-bond acceptors (Lipinski definition) is 7. The summed E-state index contributed by atoms with van der Waals surface area (Å²) in [7, 11) is 4.46. The number of amides is 2. The quantitative estimate of drug-likeness (QED) is 0.422. The first-order valence-corrected chi connectivity index (χ1v) is 9.08. The zero-order valence-corrected chi connectivity index (χ0v) is 17.2. The predicted molar refractivity (Wildman–Crippen MR) is 109 cm³/mol. The summed E-state index contributed by atoms with van der Waals surface area (Å²) in [6.45, 7) is -0.00587. The molecule has 1 aromatic heterocycles. The van der Waals surface area contributed by atoms with Gasteiger partial charge in [0.2, 0.25) is 5.76 Å². The summed E-state index contributed by atoms with van der Waals surface area (Å²) in [5.41, 5.74) is 0.526. The maximum absolute atomic E-state index is 12.4. The predicted octanol–water partition coefficient (Wildman–Crippen LogP) is 2.16. The van der Waals surface area contributed by atoms with Crippen LogP contribution in [-0.4, -0.2) is 59.0 Å². The fourth-order valence-electron chi connectivity index (χ4n) is 2.75. The fraction of sp³-hybridized carbons (Fsp3) is 0.200.